The van der Waals surface area contributed by atoms with E-state index in [2.05, 4.69) is 48.5 Å². The topological polar surface area (TPSA) is 0 Å². The van der Waals surface area contributed by atoms with Crippen LogP contribution in [0.2, 0.25) is 0 Å². The van der Waals surface area contributed by atoms with Gasteiger partial charge in [0, 0.05) is 7.26 Å². The summed E-state index contributed by atoms with van der Waals surface area (Å²) in [6.07, 6.45) is 7.23. The highest BCUT2D eigenvalue weighted by molar-refractivity contribution is 7.77. The summed E-state index contributed by atoms with van der Waals surface area (Å²) in [7, 11) is -0.752. The maximum atomic E-state index is 2.47. The standard InChI is InChI=1S/C15H34P/c1-8-9-10-11-12-16(13(2)3,14(4)5)15(6)7/h13-15H,8-12H2,1-7H3/q+1. The lowest BCUT2D eigenvalue weighted by Gasteiger charge is -2.38. The molecule has 0 unspecified atom stereocenters. The predicted molar refractivity (Wildman–Crippen MR) is 81.3 cm³/mol. The zero-order valence-corrected chi connectivity index (χ0v) is 13.6. The molecule has 0 atom stereocenters. The van der Waals surface area contributed by atoms with Gasteiger partial charge in [-0.2, -0.15) is 0 Å². The van der Waals surface area contributed by atoms with E-state index >= 15 is 0 Å². The monoisotopic (exact) mass is 245 g/mol. The van der Waals surface area contributed by atoms with Crippen molar-refractivity contribution in [3.8, 4) is 0 Å². The van der Waals surface area contributed by atoms with Crippen molar-refractivity contribution in [1.29, 1.82) is 0 Å². The van der Waals surface area contributed by atoms with Gasteiger partial charge in [-0.1, -0.05) is 19.8 Å². The van der Waals surface area contributed by atoms with Gasteiger partial charge in [-0.15, -0.1) is 0 Å². The molecule has 1 heteroatoms. The first-order valence-electron chi connectivity index (χ1n) is 7.26. The normalized spacial score (nSPS) is 13.1. The molecular weight excluding hydrogens is 211 g/mol. The molecule has 0 nitrogen and oxygen atoms in total. The van der Waals surface area contributed by atoms with Crippen molar-refractivity contribution in [3.05, 3.63) is 0 Å². The molecule has 0 N–H and O–H groups in total. The second-order valence-electron chi connectivity index (χ2n) is 6.06. The van der Waals surface area contributed by atoms with Gasteiger partial charge in [-0.25, -0.2) is 0 Å². The van der Waals surface area contributed by atoms with Crippen LogP contribution in [0.5, 0.6) is 0 Å². The summed E-state index contributed by atoms with van der Waals surface area (Å²) in [5.74, 6) is 0. The fraction of sp³-hybridized carbons (Fsp3) is 1.00. The van der Waals surface area contributed by atoms with Gasteiger partial charge in [0.05, 0.1) is 23.1 Å². The van der Waals surface area contributed by atoms with Crippen molar-refractivity contribution in [3.63, 3.8) is 0 Å². The molecule has 0 radical (unpaired) electrons. The van der Waals surface area contributed by atoms with Gasteiger partial charge in [0.15, 0.2) is 0 Å². The Labute approximate surface area is 105 Å². The van der Waals surface area contributed by atoms with Crippen molar-refractivity contribution in [2.45, 2.75) is 91.1 Å². The van der Waals surface area contributed by atoms with Crippen molar-refractivity contribution < 1.29 is 0 Å². The Balaban J connectivity index is 4.52. The number of rotatable bonds is 8. The summed E-state index contributed by atoms with van der Waals surface area (Å²) in [5, 5.41) is 0. The summed E-state index contributed by atoms with van der Waals surface area (Å²) in [6, 6.07) is 0. The van der Waals surface area contributed by atoms with Crippen LogP contribution in [0.25, 0.3) is 0 Å². The molecule has 0 fully saturated rings. The molecule has 0 aromatic carbocycles. The molecule has 0 saturated heterocycles. The van der Waals surface area contributed by atoms with Gasteiger partial charge in [-0.3, -0.25) is 0 Å². The second-order valence-corrected chi connectivity index (χ2v) is 11.6. The lowest BCUT2D eigenvalue weighted by Crippen LogP contribution is -2.26. The van der Waals surface area contributed by atoms with E-state index in [0.717, 1.165) is 17.0 Å². The van der Waals surface area contributed by atoms with Gasteiger partial charge in [0.1, 0.15) is 0 Å². The third-order valence-corrected chi connectivity index (χ3v) is 11.1. The van der Waals surface area contributed by atoms with Crippen LogP contribution >= 0.6 is 7.26 Å². The van der Waals surface area contributed by atoms with Crippen LogP contribution in [0.4, 0.5) is 0 Å². The van der Waals surface area contributed by atoms with E-state index in [0.29, 0.717) is 0 Å². The molecule has 0 rings (SSSR count). The molecule has 0 amide bonds. The predicted octanol–water partition coefficient (Wildman–Crippen LogP) is 5.81. The Morgan fingerprint density at radius 1 is 0.688 bits per heavy atom. The minimum absolute atomic E-state index is 0.752. The zero-order valence-electron chi connectivity index (χ0n) is 12.7. The first kappa shape index (κ1) is 16.4. The van der Waals surface area contributed by atoms with Crippen molar-refractivity contribution >= 4 is 7.26 Å². The minimum atomic E-state index is -0.752. The average Bonchev–Trinajstić information content (AvgIpc) is 2.16. The summed E-state index contributed by atoms with van der Waals surface area (Å²) in [6.45, 7) is 17.1. The molecule has 0 aliphatic rings. The number of hydrogen-bond donors (Lipinski definition) is 0. The molecule has 0 heterocycles. The average molecular weight is 245 g/mol. The molecule has 0 spiro atoms. The molecule has 0 aliphatic carbocycles. The molecule has 0 aromatic heterocycles. The van der Waals surface area contributed by atoms with E-state index in [4.69, 9.17) is 0 Å². The van der Waals surface area contributed by atoms with Crippen LogP contribution in [0, 0.1) is 0 Å². The van der Waals surface area contributed by atoms with Crippen LogP contribution < -0.4 is 0 Å². The Bertz CT molecular complexity index is 148. The SMILES string of the molecule is CCCCCC[P+](C(C)C)(C(C)C)C(C)C. The van der Waals surface area contributed by atoms with Crippen molar-refractivity contribution in [2.75, 3.05) is 6.16 Å². The summed E-state index contributed by atoms with van der Waals surface area (Å²) >= 11 is 0. The Morgan fingerprint density at radius 3 is 1.44 bits per heavy atom. The summed E-state index contributed by atoms with van der Waals surface area (Å²) in [4.78, 5) is 0. The molecule has 98 valence electrons. The number of hydrogen-bond acceptors (Lipinski definition) is 0. The number of unbranched alkanes of at least 4 members (excludes halogenated alkanes) is 3. The first-order valence-corrected chi connectivity index (χ1v) is 9.44. The van der Waals surface area contributed by atoms with E-state index < -0.39 is 7.26 Å². The largest absolute Gasteiger partial charge is 0.0654 e. The van der Waals surface area contributed by atoms with Crippen LogP contribution in [0.15, 0.2) is 0 Å². The van der Waals surface area contributed by atoms with E-state index in [1.807, 2.05) is 0 Å². The summed E-state index contributed by atoms with van der Waals surface area (Å²) in [5.41, 5.74) is 2.73. The maximum absolute atomic E-state index is 2.47. The molecule has 16 heavy (non-hydrogen) atoms. The Morgan fingerprint density at radius 2 is 1.12 bits per heavy atom. The fourth-order valence-electron chi connectivity index (χ4n) is 3.38. The van der Waals surface area contributed by atoms with Crippen LogP contribution in [-0.2, 0) is 0 Å². The highest BCUT2D eigenvalue weighted by Crippen LogP contribution is 2.70. The third-order valence-electron chi connectivity index (χ3n) is 4.28. The smallest absolute Gasteiger partial charge is 0.0646 e. The highest BCUT2D eigenvalue weighted by Gasteiger charge is 2.46. The minimum Gasteiger partial charge on any atom is -0.0654 e. The van der Waals surface area contributed by atoms with Gasteiger partial charge in [0.25, 0.3) is 0 Å². The van der Waals surface area contributed by atoms with E-state index in [-0.39, 0.29) is 0 Å². The van der Waals surface area contributed by atoms with Crippen LogP contribution in [0.3, 0.4) is 0 Å². The fourth-order valence-corrected chi connectivity index (χ4v) is 9.27. The lowest BCUT2D eigenvalue weighted by atomic mass is 10.2. The Kier molecular flexibility index (Phi) is 7.90. The lowest BCUT2D eigenvalue weighted by molar-refractivity contribution is 0.697. The van der Waals surface area contributed by atoms with Crippen molar-refractivity contribution in [2.24, 2.45) is 0 Å². The Hall–Kier alpha value is 0.430. The van der Waals surface area contributed by atoms with E-state index in [1.165, 1.54) is 31.8 Å². The van der Waals surface area contributed by atoms with Gasteiger partial charge < -0.3 is 0 Å². The van der Waals surface area contributed by atoms with Gasteiger partial charge in [-0.05, 0) is 54.4 Å². The summed E-state index contributed by atoms with van der Waals surface area (Å²) < 4.78 is 0. The molecule has 0 aromatic rings. The van der Waals surface area contributed by atoms with E-state index in [1.54, 1.807) is 0 Å². The highest BCUT2D eigenvalue weighted by atomic mass is 31.2. The second kappa shape index (κ2) is 7.70. The molecular formula is C15H34P+. The maximum Gasteiger partial charge on any atom is 0.0646 e. The van der Waals surface area contributed by atoms with Gasteiger partial charge >= 0.3 is 0 Å². The molecule has 0 aliphatic heterocycles. The van der Waals surface area contributed by atoms with Crippen molar-refractivity contribution in [1.82, 2.24) is 0 Å². The van der Waals surface area contributed by atoms with E-state index in [9.17, 15) is 0 Å². The quantitative estimate of drug-likeness (QED) is 0.374. The first-order chi connectivity index (χ1) is 7.39. The zero-order chi connectivity index (χ0) is 12.8. The molecule has 0 saturated carbocycles. The van der Waals surface area contributed by atoms with Crippen LogP contribution in [0.1, 0.15) is 74.1 Å². The third kappa shape index (κ3) is 4.02. The van der Waals surface area contributed by atoms with Crippen LogP contribution in [-0.4, -0.2) is 23.1 Å². The van der Waals surface area contributed by atoms with Gasteiger partial charge in [0.2, 0.25) is 0 Å². The molecule has 0 bridgehead atoms.